The van der Waals surface area contributed by atoms with Crippen molar-refractivity contribution in [3.63, 3.8) is 0 Å². The summed E-state index contributed by atoms with van der Waals surface area (Å²) in [6, 6.07) is 14.1. The minimum absolute atomic E-state index is 0.0176. The SMILES string of the molecule is Cn1ccc2c([C@H](Nc3cc(C#N)c4ncc(C#N)c(NCC(C)(C)C(F)(F)F)c4c3)c3cn(C45CC(C4)C5)nn3)cccc2c1=O. The molecule has 2 aromatic carbocycles. The number of pyridine rings is 2. The average Bonchev–Trinajstić information content (AvgIpc) is 3.47. The van der Waals surface area contributed by atoms with Gasteiger partial charge >= 0.3 is 6.18 Å². The molecule has 10 nitrogen and oxygen atoms in total. The van der Waals surface area contributed by atoms with Crippen LogP contribution in [0, 0.1) is 34.0 Å². The number of benzene rings is 2. The lowest BCUT2D eigenvalue weighted by atomic mass is 9.50. The van der Waals surface area contributed by atoms with Crippen molar-refractivity contribution >= 4 is 33.1 Å². The quantitative estimate of drug-likeness (QED) is 0.207. The molecular formula is C34H30F3N9O. The molecule has 5 aromatic rings. The first kappa shape index (κ1) is 30.2. The zero-order valence-electron chi connectivity index (χ0n) is 25.9. The van der Waals surface area contributed by atoms with Gasteiger partial charge in [0.2, 0.25) is 0 Å². The molecule has 0 radical (unpaired) electrons. The lowest BCUT2D eigenvalue weighted by molar-refractivity contribution is -0.206. The molecule has 3 saturated carbocycles. The molecular weight excluding hydrogens is 607 g/mol. The molecule has 0 saturated heterocycles. The number of aryl methyl sites for hydroxylation is 1. The van der Waals surface area contributed by atoms with E-state index in [1.165, 1.54) is 10.8 Å². The van der Waals surface area contributed by atoms with Crippen LogP contribution in [0.2, 0.25) is 0 Å². The molecule has 3 aliphatic rings. The molecule has 0 amide bonds. The largest absolute Gasteiger partial charge is 0.395 e. The smallest absolute Gasteiger partial charge is 0.382 e. The van der Waals surface area contributed by atoms with Gasteiger partial charge in [-0.05, 0) is 74.2 Å². The summed E-state index contributed by atoms with van der Waals surface area (Å²) in [5, 5.41) is 36.9. The third kappa shape index (κ3) is 4.85. The van der Waals surface area contributed by atoms with Crippen LogP contribution in [0.1, 0.15) is 61.5 Å². The zero-order valence-corrected chi connectivity index (χ0v) is 25.9. The minimum Gasteiger partial charge on any atom is -0.382 e. The molecule has 3 heterocycles. The normalized spacial score (nSPS) is 19.4. The maximum absolute atomic E-state index is 13.7. The van der Waals surface area contributed by atoms with Crippen molar-refractivity contribution in [2.45, 2.75) is 50.9 Å². The highest BCUT2D eigenvalue weighted by molar-refractivity contribution is 5.99. The highest BCUT2D eigenvalue weighted by Crippen LogP contribution is 2.62. The van der Waals surface area contributed by atoms with Crippen LogP contribution in [0.15, 0.2) is 59.8 Å². The van der Waals surface area contributed by atoms with E-state index >= 15 is 0 Å². The first-order chi connectivity index (χ1) is 22.3. The maximum atomic E-state index is 13.7. The molecule has 3 aromatic heterocycles. The maximum Gasteiger partial charge on any atom is 0.395 e. The van der Waals surface area contributed by atoms with Crippen molar-refractivity contribution in [2.24, 2.45) is 18.4 Å². The summed E-state index contributed by atoms with van der Waals surface area (Å²) in [7, 11) is 1.68. The lowest BCUT2D eigenvalue weighted by Gasteiger charge is -2.61. The molecule has 47 heavy (non-hydrogen) atoms. The van der Waals surface area contributed by atoms with Crippen LogP contribution in [0.4, 0.5) is 24.5 Å². The van der Waals surface area contributed by atoms with E-state index < -0.39 is 24.2 Å². The van der Waals surface area contributed by atoms with E-state index in [1.807, 2.05) is 29.1 Å². The molecule has 2 N–H and O–H groups in total. The van der Waals surface area contributed by atoms with E-state index in [-0.39, 0.29) is 33.4 Å². The van der Waals surface area contributed by atoms with Crippen LogP contribution >= 0.6 is 0 Å². The lowest BCUT2D eigenvalue weighted by Crippen LogP contribution is -2.59. The number of anilines is 2. The van der Waals surface area contributed by atoms with Gasteiger partial charge in [0.1, 0.15) is 17.8 Å². The van der Waals surface area contributed by atoms with Crippen LogP contribution < -0.4 is 16.2 Å². The van der Waals surface area contributed by atoms with Gasteiger partial charge in [-0.3, -0.25) is 9.78 Å². The number of fused-ring (bicyclic) bond motifs is 2. The third-order valence-electron chi connectivity index (χ3n) is 9.76. The molecule has 0 spiro atoms. The van der Waals surface area contributed by atoms with Gasteiger partial charge in [-0.15, -0.1) is 5.10 Å². The molecule has 1 atom stereocenters. The number of aromatic nitrogens is 5. The number of nitriles is 2. The Balaban J connectivity index is 1.37. The van der Waals surface area contributed by atoms with Gasteiger partial charge in [0, 0.05) is 42.4 Å². The van der Waals surface area contributed by atoms with Crippen LogP contribution in [-0.2, 0) is 12.6 Å². The average molecular weight is 638 g/mol. The Morgan fingerprint density at radius 2 is 1.81 bits per heavy atom. The Labute approximate surface area is 267 Å². The fraction of sp³-hybridized carbons (Fsp3) is 0.353. The van der Waals surface area contributed by atoms with Gasteiger partial charge in [0.15, 0.2) is 0 Å². The molecule has 13 heteroatoms. The molecule has 0 unspecified atom stereocenters. The standard InChI is InChI=1S/C34H30F3N9O/c1-32(2,34(35,36)37)18-41-29-21(15-39)16-40-28-20(14-38)9-22(10-26(28)29)42-30(27-17-46(44-43-27)33-11-19(12-33)13-33)24-5-4-6-25-23(24)7-8-45(3)31(25)47/h4-10,16-17,19,30,42H,11-13,18H2,1-3H3,(H,40,41)/t19?,30-,33?/m0/s1. The highest BCUT2D eigenvalue weighted by Gasteiger charge is 2.59. The topological polar surface area (TPSA) is 137 Å². The Morgan fingerprint density at radius 3 is 2.47 bits per heavy atom. The van der Waals surface area contributed by atoms with Crippen molar-refractivity contribution in [3.05, 3.63) is 87.7 Å². The number of nitrogens with one attached hydrogen (secondary N) is 2. The van der Waals surface area contributed by atoms with Gasteiger partial charge < -0.3 is 15.2 Å². The summed E-state index contributed by atoms with van der Waals surface area (Å²) in [4.78, 5) is 17.4. The number of halogens is 3. The summed E-state index contributed by atoms with van der Waals surface area (Å²) in [6.45, 7) is 1.64. The predicted molar refractivity (Wildman–Crippen MR) is 169 cm³/mol. The number of nitrogens with zero attached hydrogens (tertiary/aromatic N) is 7. The fourth-order valence-corrected chi connectivity index (χ4v) is 6.64. The number of hydrogen-bond donors (Lipinski definition) is 2. The molecule has 2 bridgehead atoms. The van der Waals surface area contributed by atoms with Crippen molar-refractivity contribution in [1.82, 2.24) is 24.5 Å². The summed E-state index contributed by atoms with van der Waals surface area (Å²) >= 11 is 0. The van der Waals surface area contributed by atoms with Gasteiger partial charge in [-0.1, -0.05) is 17.3 Å². The molecule has 0 aliphatic heterocycles. The van der Waals surface area contributed by atoms with E-state index in [2.05, 4.69) is 32.0 Å². The van der Waals surface area contributed by atoms with E-state index in [9.17, 15) is 28.5 Å². The van der Waals surface area contributed by atoms with Gasteiger partial charge in [-0.25, -0.2) is 4.68 Å². The van der Waals surface area contributed by atoms with Gasteiger partial charge in [0.25, 0.3) is 5.56 Å². The van der Waals surface area contributed by atoms with Crippen LogP contribution in [-0.4, -0.2) is 37.3 Å². The van der Waals surface area contributed by atoms with E-state index in [4.69, 9.17) is 0 Å². The highest BCUT2D eigenvalue weighted by atomic mass is 19.4. The van der Waals surface area contributed by atoms with Crippen LogP contribution in [0.3, 0.4) is 0 Å². The number of hydrogen-bond acceptors (Lipinski definition) is 8. The van der Waals surface area contributed by atoms with Crippen LogP contribution in [0.25, 0.3) is 21.7 Å². The zero-order chi connectivity index (χ0) is 33.3. The molecule has 238 valence electrons. The summed E-state index contributed by atoms with van der Waals surface area (Å²) in [5.41, 5.74) is 0.0883. The first-order valence-electron chi connectivity index (χ1n) is 15.2. The van der Waals surface area contributed by atoms with Crippen molar-refractivity contribution in [3.8, 4) is 12.1 Å². The summed E-state index contributed by atoms with van der Waals surface area (Å²) in [5.74, 6) is 0.726. The summed E-state index contributed by atoms with van der Waals surface area (Å²) in [6.07, 6.45) is 3.55. The van der Waals surface area contributed by atoms with E-state index in [0.29, 0.717) is 27.5 Å². The number of rotatable bonds is 8. The fourth-order valence-electron chi connectivity index (χ4n) is 6.64. The molecule has 8 rings (SSSR count). The second-order valence-electron chi connectivity index (χ2n) is 13.3. The second-order valence-corrected chi connectivity index (χ2v) is 13.3. The molecule has 3 fully saturated rings. The van der Waals surface area contributed by atoms with E-state index in [1.54, 1.807) is 37.5 Å². The van der Waals surface area contributed by atoms with E-state index in [0.717, 1.165) is 44.6 Å². The van der Waals surface area contributed by atoms with Crippen molar-refractivity contribution in [1.29, 1.82) is 10.5 Å². The minimum atomic E-state index is -4.50. The first-order valence-corrected chi connectivity index (χ1v) is 15.2. The Bertz CT molecular complexity index is 2200. The Kier molecular flexibility index (Phi) is 6.79. The summed E-state index contributed by atoms with van der Waals surface area (Å²) < 4.78 is 44.6. The van der Waals surface area contributed by atoms with Gasteiger partial charge in [-0.2, -0.15) is 23.7 Å². The van der Waals surface area contributed by atoms with Crippen molar-refractivity contribution in [2.75, 3.05) is 17.2 Å². The van der Waals surface area contributed by atoms with Crippen molar-refractivity contribution < 1.29 is 13.2 Å². The monoisotopic (exact) mass is 637 g/mol. The Morgan fingerprint density at radius 1 is 1.06 bits per heavy atom. The molecule has 3 aliphatic carbocycles. The predicted octanol–water partition coefficient (Wildman–Crippen LogP) is 6.13. The van der Waals surface area contributed by atoms with Crippen LogP contribution in [0.5, 0.6) is 0 Å². The second kappa shape index (κ2) is 10.6. The third-order valence-corrected chi connectivity index (χ3v) is 9.76. The number of alkyl halides is 3. The Hall–Kier alpha value is -5.43. The van der Waals surface area contributed by atoms with Gasteiger partial charge in [0.05, 0.1) is 45.5 Å².